The Hall–Kier alpha value is -3.19. The molecule has 1 unspecified atom stereocenters. The number of likely N-dealkylation sites (tertiary alicyclic amines) is 1. The number of benzene rings is 2. The molecule has 2 aliphatic rings. The molecule has 7 nitrogen and oxygen atoms in total. The number of rotatable bonds is 4. The fourth-order valence-electron chi connectivity index (χ4n) is 4.09. The standard InChI is InChI=1S/C23H22ClN3O4/c1-14(27-22(30)16-6-2-3-7-17(16)23(27)31)21(29)26-12-10-15(11-13-26)25-20(28)18-8-4-5-9-19(18)24/h2-9,14-15H,10-13H2,1H3,(H,25,28). The van der Waals surface area contributed by atoms with Crippen molar-refractivity contribution in [2.45, 2.75) is 31.8 Å². The Bertz CT molecular complexity index is 1030. The molecule has 0 aromatic heterocycles. The van der Waals surface area contributed by atoms with Crippen LogP contribution < -0.4 is 5.32 Å². The van der Waals surface area contributed by atoms with Crippen LogP contribution in [-0.2, 0) is 4.79 Å². The first-order valence-corrected chi connectivity index (χ1v) is 10.6. The number of amides is 4. The van der Waals surface area contributed by atoms with Gasteiger partial charge in [0.25, 0.3) is 17.7 Å². The Morgan fingerprint density at radius 1 is 0.968 bits per heavy atom. The van der Waals surface area contributed by atoms with E-state index in [1.165, 1.54) is 0 Å². The van der Waals surface area contributed by atoms with E-state index in [0.717, 1.165) is 4.90 Å². The molecule has 1 N–H and O–H groups in total. The molecule has 0 aliphatic carbocycles. The number of carbonyl (C=O) groups excluding carboxylic acids is 4. The van der Waals surface area contributed by atoms with E-state index in [2.05, 4.69) is 5.32 Å². The molecule has 2 aromatic rings. The number of imide groups is 1. The normalized spacial score (nSPS) is 17.5. The van der Waals surface area contributed by atoms with Crippen molar-refractivity contribution in [1.82, 2.24) is 15.1 Å². The molecule has 160 valence electrons. The van der Waals surface area contributed by atoms with Gasteiger partial charge in [-0.3, -0.25) is 24.1 Å². The molecule has 0 radical (unpaired) electrons. The second-order valence-electron chi connectivity index (χ2n) is 7.75. The fraction of sp³-hybridized carbons (Fsp3) is 0.304. The van der Waals surface area contributed by atoms with Crippen molar-refractivity contribution < 1.29 is 19.2 Å². The van der Waals surface area contributed by atoms with Crippen LogP contribution in [-0.4, -0.2) is 58.6 Å². The molecule has 2 aromatic carbocycles. The zero-order chi connectivity index (χ0) is 22.1. The lowest BCUT2D eigenvalue weighted by Gasteiger charge is -2.35. The van der Waals surface area contributed by atoms with E-state index < -0.39 is 17.9 Å². The number of nitrogens with one attached hydrogen (secondary N) is 1. The van der Waals surface area contributed by atoms with Crippen molar-refractivity contribution in [1.29, 1.82) is 0 Å². The van der Waals surface area contributed by atoms with Crippen molar-refractivity contribution in [3.05, 3.63) is 70.2 Å². The predicted octanol–water partition coefficient (Wildman–Crippen LogP) is 2.75. The van der Waals surface area contributed by atoms with Gasteiger partial charge in [0, 0.05) is 19.1 Å². The molecule has 4 amide bonds. The molecule has 2 heterocycles. The lowest BCUT2D eigenvalue weighted by molar-refractivity contribution is -0.136. The summed E-state index contributed by atoms with van der Waals surface area (Å²) in [7, 11) is 0. The van der Waals surface area contributed by atoms with E-state index in [4.69, 9.17) is 11.6 Å². The Balaban J connectivity index is 1.35. The van der Waals surface area contributed by atoms with Crippen LogP contribution in [0.25, 0.3) is 0 Å². The molecular weight excluding hydrogens is 418 g/mol. The smallest absolute Gasteiger partial charge is 0.262 e. The summed E-state index contributed by atoms with van der Waals surface area (Å²) >= 11 is 6.08. The second-order valence-corrected chi connectivity index (χ2v) is 8.16. The zero-order valence-corrected chi connectivity index (χ0v) is 17.8. The third kappa shape index (κ3) is 3.93. The summed E-state index contributed by atoms with van der Waals surface area (Å²) in [6, 6.07) is 12.5. The summed E-state index contributed by atoms with van der Waals surface area (Å²) in [6.45, 7) is 2.44. The first kappa shape index (κ1) is 21.1. The second kappa shape index (κ2) is 8.51. The lowest BCUT2D eigenvalue weighted by Crippen LogP contribution is -2.53. The monoisotopic (exact) mass is 439 g/mol. The molecule has 4 rings (SSSR count). The van der Waals surface area contributed by atoms with E-state index in [0.29, 0.717) is 47.6 Å². The number of halogens is 1. The molecule has 1 saturated heterocycles. The topological polar surface area (TPSA) is 86.8 Å². The van der Waals surface area contributed by atoms with Gasteiger partial charge in [0.15, 0.2) is 0 Å². The van der Waals surface area contributed by atoms with Crippen molar-refractivity contribution in [3.63, 3.8) is 0 Å². The van der Waals surface area contributed by atoms with E-state index >= 15 is 0 Å². The number of fused-ring (bicyclic) bond motifs is 1. The Labute approximate surface area is 185 Å². The lowest BCUT2D eigenvalue weighted by atomic mass is 10.0. The molecule has 1 atom stereocenters. The molecule has 1 fully saturated rings. The number of carbonyl (C=O) groups is 4. The molecule has 31 heavy (non-hydrogen) atoms. The highest BCUT2D eigenvalue weighted by Crippen LogP contribution is 2.26. The van der Waals surface area contributed by atoms with E-state index in [-0.39, 0.29) is 17.9 Å². The van der Waals surface area contributed by atoms with Crippen molar-refractivity contribution in [2.75, 3.05) is 13.1 Å². The highest BCUT2D eigenvalue weighted by atomic mass is 35.5. The average Bonchev–Trinajstić information content (AvgIpc) is 3.04. The molecule has 0 bridgehead atoms. The van der Waals surface area contributed by atoms with Crippen molar-refractivity contribution in [2.24, 2.45) is 0 Å². The minimum Gasteiger partial charge on any atom is -0.349 e. The fourth-order valence-corrected chi connectivity index (χ4v) is 4.31. The number of hydrogen-bond donors (Lipinski definition) is 1. The first-order valence-electron chi connectivity index (χ1n) is 10.2. The summed E-state index contributed by atoms with van der Waals surface area (Å²) in [4.78, 5) is 53.4. The molecular formula is C23H22ClN3O4. The molecule has 8 heteroatoms. The Kier molecular flexibility index (Phi) is 5.78. The van der Waals surface area contributed by atoms with Gasteiger partial charge in [0.2, 0.25) is 5.91 Å². The van der Waals surface area contributed by atoms with Crippen molar-refractivity contribution >= 4 is 35.2 Å². The van der Waals surface area contributed by atoms with Crippen LogP contribution in [0.3, 0.4) is 0 Å². The average molecular weight is 440 g/mol. The van der Waals surface area contributed by atoms with Gasteiger partial charge in [-0.2, -0.15) is 0 Å². The van der Waals surface area contributed by atoms with Crippen LogP contribution in [0.2, 0.25) is 5.02 Å². The summed E-state index contributed by atoms with van der Waals surface area (Å²) < 4.78 is 0. The minimum absolute atomic E-state index is 0.0811. The minimum atomic E-state index is -0.887. The zero-order valence-electron chi connectivity index (χ0n) is 17.0. The van der Waals surface area contributed by atoms with Gasteiger partial charge in [-0.05, 0) is 44.0 Å². The van der Waals surface area contributed by atoms with Gasteiger partial charge < -0.3 is 10.2 Å². The SMILES string of the molecule is CC(C(=O)N1CCC(NC(=O)c2ccccc2Cl)CC1)N1C(=O)c2ccccc2C1=O. The van der Waals surface area contributed by atoms with Gasteiger partial charge in [-0.15, -0.1) is 0 Å². The van der Waals surface area contributed by atoms with Crippen molar-refractivity contribution in [3.8, 4) is 0 Å². The maximum absolute atomic E-state index is 13.0. The first-order chi connectivity index (χ1) is 14.9. The summed E-state index contributed by atoms with van der Waals surface area (Å²) in [6.07, 6.45) is 1.16. The quantitative estimate of drug-likeness (QED) is 0.742. The third-order valence-corrected chi connectivity index (χ3v) is 6.16. The maximum atomic E-state index is 13.0. The highest BCUT2D eigenvalue weighted by molar-refractivity contribution is 6.33. The largest absolute Gasteiger partial charge is 0.349 e. The van der Waals surface area contributed by atoms with Gasteiger partial charge >= 0.3 is 0 Å². The van der Waals surface area contributed by atoms with Gasteiger partial charge in [0.1, 0.15) is 6.04 Å². The highest BCUT2D eigenvalue weighted by Gasteiger charge is 2.42. The molecule has 0 saturated carbocycles. The van der Waals surface area contributed by atoms with Crippen LogP contribution in [0, 0.1) is 0 Å². The maximum Gasteiger partial charge on any atom is 0.262 e. The molecule has 0 spiro atoms. The van der Waals surface area contributed by atoms with Gasteiger partial charge in [-0.25, -0.2) is 0 Å². The number of nitrogens with zero attached hydrogens (tertiary/aromatic N) is 2. The Morgan fingerprint density at radius 3 is 2.10 bits per heavy atom. The van der Waals surface area contributed by atoms with Crippen LogP contribution in [0.5, 0.6) is 0 Å². The van der Waals surface area contributed by atoms with Crippen LogP contribution in [0.4, 0.5) is 0 Å². The van der Waals surface area contributed by atoms with Crippen LogP contribution >= 0.6 is 11.6 Å². The van der Waals surface area contributed by atoms with E-state index in [9.17, 15) is 19.2 Å². The van der Waals surface area contributed by atoms with Gasteiger partial charge in [0.05, 0.1) is 21.7 Å². The van der Waals surface area contributed by atoms with Crippen LogP contribution in [0.15, 0.2) is 48.5 Å². The Morgan fingerprint density at radius 2 is 1.52 bits per heavy atom. The predicted molar refractivity (Wildman–Crippen MR) is 115 cm³/mol. The van der Waals surface area contributed by atoms with E-state index in [1.54, 1.807) is 60.4 Å². The summed E-state index contributed by atoms with van der Waals surface area (Å²) in [5, 5.41) is 3.36. The van der Waals surface area contributed by atoms with Gasteiger partial charge in [-0.1, -0.05) is 35.9 Å². The van der Waals surface area contributed by atoms with Crippen LogP contribution in [0.1, 0.15) is 50.8 Å². The number of piperidine rings is 1. The third-order valence-electron chi connectivity index (χ3n) is 5.83. The van der Waals surface area contributed by atoms with E-state index in [1.807, 2.05) is 0 Å². The number of hydrogen-bond acceptors (Lipinski definition) is 4. The summed E-state index contributed by atoms with van der Waals surface area (Å²) in [5.41, 5.74) is 1.07. The summed E-state index contributed by atoms with van der Waals surface area (Å²) in [5.74, 6) is -1.40. The molecule has 2 aliphatic heterocycles.